The van der Waals surface area contributed by atoms with Crippen LogP contribution in [-0.2, 0) is 4.79 Å². The summed E-state index contributed by atoms with van der Waals surface area (Å²) in [5, 5.41) is 8.66. The first-order chi connectivity index (χ1) is 6.95. The first-order valence-electron chi connectivity index (χ1n) is 6.17. The van der Waals surface area contributed by atoms with E-state index in [0.29, 0.717) is 18.3 Å². The molecule has 0 amide bonds. The molecule has 1 N–H and O–H groups in total. The Morgan fingerprint density at radius 3 is 2.07 bits per heavy atom. The summed E-state index contributed by atoms with van der Waals surface area (Å²) in [7, 11) is 0. The maximum absolute atomic E-state index is 10.5. The summed E-state index contributed by atoms with van der Waals surface area (Å²) < 4.78 is 0. The number of carboxylic acid groups (broad SMARTS) is 1. The van der Waals surface area contributed by atoms with E-state index >= 15 is 0 Å². The minimum atomic E-state index is -0.670. The van der Waals surface area contributed by atoms with Gasteiger partial charge in [0.2, 0.25) is 0 Å². The van der Waals surface area contributed by atoms with E-state index in [1.807, 2.05) is 6.92 Å². The van der Waals surface area contributed by atoms with Crippen molar-refractivity contribution in [2.75, 3.05) is 0 Å². The van der Waals surface area contributed by atoms with Crippen molar-refractivity contribution < 1.29 is 9.90 Å². The molecule has 0 aliphatic carbocycles. The largest absolute Gasteiger partial charge is 0.481 e. The monoisotopic (exact) mass is 214 g/mol. The zero-order chi connectivity index (χ0) is 11.8. The van der Waals surface area contributed by atoms with Gasteiger partial charge in [0.25, 0.3) is 0 Å². The molecule has 0 saturated heterocycles. The van der Waals surface area contributed by atoms with E-state index in [1.54, 1.807) is 0 Å². The van der Waals surface area contributed by atoms with Crippen LogP contribution in [0, 0.1) is 17.8 Å². The van der Waals surface area contributed by atoms with Gasteiger partial charge in [0.1, 0.15) is 0 Å². The van der Waals surface area contributed by atoms with Crippen molar-refractivity contribution in [3.63, 3.8) is 0 Å². The molecule has 3 atom stereocenters. The molecule has 15 heavy (non-hydrogen) atoms. The zero-order valence-corrected chi connectivity index (χ0v) is 10.6. The van der Waals surface area contributed by atoms with Gasteiger partial charge in [-0.2, -0.15) is 0 Å². The number of carbonyl (C=O) groups is 1. The lowest BCUT2D eigenvalue weighted by molar-refractivity contribution is -0.138. The fourth-order valence-corrected chi connectivity index (χ4v) is 2.46. The molecule has 0 aliphatic heterocycles. The Hall–Kier alpha value is -0.530. The van der Waals surface area contributed by atoms with Crippen LogP contribution in [0.3, 0.4) is 0 Å². The van der Waals surface area contributed by atoms with E-state index < -0.39 is 5.97 Å². The van der Waals surface area contributed by atoms with Gasteiger partial charge in [-0.25, -0.2) is 0 Å². The Labute approximate surface area is 94.1 Å². The highest BCUT2D eigenvalue weighted by Gasteiger charge is 2.14. The smallest absolute Gasteiger partial charge is 0.303 e. The summed E-state index contributed by atoms with van der Waals surface area (Å²) in [4.78, 5) is 10.5. The van der Waals surface area contributed by atoms with Crippen molar-refractivity contribution in [2.45, 2.75) is 59.8 Å². The Morgan fingerprint density at radius 1 is 1.07 bits per heavy atom. The van der Waals surface area contributed by atoms with E-state index in [4.69, 9.17) is 5.11 Å². The minimum absolute atomic E-state index is 0.311. The van der Waals surface area contributed by atoms with Crippen LogP contribution in [-0.4, -0.2) is 11.1 Å². The molecular formula is C13H26O2. The van der Waals surface area contributed by atoms with Crippen LogP contribution in [0.1, 0.15) is 59.8 Å². The van der Waals surface area contributed by atoms with Crippen LogP contribution in [0.2, 0.25) is 0 Å². The van der Waals surface area contributed by atoms with Gasteiger partial charge in [-0.05, 0) is 30.6 Å². The maximum Gasteiger partial charge on any atom is 0.303 e. The second kappa shape index (κ2) is 7.72. The lowest BCUT2D eigenvalue weighted by atomic mass is 9.87. The number of hydrogen-bond acceptors (Lipinski definition) is 1. The molecule has 0 aliphatic rings. The lowest BCUT2D eigenvalue weighted by Gasteiger charge is -2.19. The number of rotatable bonds is 8. The molecule has 0 rings (SSSR count). The van der Waals surface area contributed by atoms with Crippen molar-refractivity contribution in [1.29, 1.82) is 0 Å². The SMILES string of the molecule is CCCC(C)CC(C)CC(C)CC(=O)O. The summed E-state index contributed by atoms with van der Waals surface area (Å²) in [6.07, 6.45) is 5.13. The second-order valence-electron chi connectivity index (χ2n) is 5.17. The first kappa shape index (κ1) is 14.5. The van der Waals surface area contributed by atoms with Gasteiger partial charge in [0, 0.05) is 6.42 Å². The van der Waals surface area contributed by atoms with Crippen molar-refractivity contribution >= 4 is 5.97 Å². The molecule has 0 aromatic rings. The number of hydrogen-bond donors (Lipinski definition) is 1. The third kappa shape index (κ3) is 8.46. The van der Waals surface area contributed by atoms with E-state index in [-0.39, 0.29) is 0 Å². The third-order valence-corrected chi connectivity index (χ3v) is 2.91. The van der Waals surface area contributed by atoms with E-state index in [9.17, 15) is 4.79 Å². The fraction of sp³-hybridized carbons (Fsp3) is 0.923. The molecular weight excluding hydrogens is 188 g/mol. The van der Waals surface area contributed by atoms with Gasteiger partial charge < -0.3 is 5.11 Å². The van der Waals surface area contributed by atoms with E-state index in [0.717, 1.165) is 12.3 Å². The molecule has 0 radical (unpaired) electrons. The Morgan fingerprint density at radius 2 is 1.60 bits per heavy atom. The van der Waals surface area contributed by atoms with Gasteiger partial charge in [0.05, 0.1) is 0 Å². The Balaban J connectivity index is 3.71. The topological polar surface area (TPSA) is 37.3 Å². The number of carboxylic acids is 1. The van der Waals surface area contributed by atoms with Gasteiger partial charge in [-0.15, -0.1) is 0 Å². The second-order valence-corrected chi connectivity index (χ2v) is 5.17. The molecule has 0 aromatic carbocycles. The normalized spacial score (nSPS) is 17.1. The first-order valence-corrected chi connectivity index (χ1v) is 6.17. The van der Waals surface area contributed by atoms with Crippen molar-refractivity contribution in [1.82, 2.24) is 0 Å². The van der Waals surface area contributed by atoms with Crippen LogP contribution in [0.5, 0.6) is 0 Å². The predicted molar refractivity (Wildman–Crippen MR) is 63.9 cm³/mol. The summed E-state index contributed by atoms with van der Waals surface area (Å²) in [6.45, 7) is 8.79. The van der Waals surface area contributed by atoms with Gasteiger partial charge in [0.15, 0.2) is 0 Å². The molecule has 0 saturated carbocycles. The third-order valence-electron chi connectivity index (χ3n) is 2.91. The highest BCUT2D eigenvalue weighted by molar-refractivity contribution is 5.66. The van der Waals surface area contributed by atoms with Crippen LogP contribution in [0.15, 0.2) is 0 Å². The minimum Gasteiger partial charge on any atom is -0.481 e. The molecule has 2 heteroatoms. The molecule has 2 nitrogen and oxygen atoms in total. The Bertz CT molecular complexity index is 177. The quantitative estimate of drug-likeness (QED) is 0.664. The number of aliphatic carboxylic acids is 1. The standard InChI is InChI=1S/C13H26O2/c1-5-6-10(2)7-11(3)8-12(4)9-13(14)15/h10-12H,5-9H2,1-4H3,(H,14,15). The molecule has 0 spiro atoms. The van der Waals surface area contributed by atoms with Crippen LogP contribution in [0.4, 0.5) is 0 Å². The maximum atomic E-state index is 10.5. The van der Waals surface area contributed by atoms with Crippen LogP contribution in [0.25, 0.3) is 0 Å². The summed E-state index contributed by atoms with van der Waals surface area (Å²) >= 11 is 0. The summed E-state index contributed by atoms with van der Waals surface area (Å²) in [6, 6.07) is 0. The molecule has 3 unspecified atom stereocenters. The fourth-order valence-electron chi connectivity index (χ4n) is 2.46. The molecule has 0 fully saturated rings. The van der Waals surface area contributed by atoms with Gasteiger partial charge in [-0.3, -0.25) is 4.79 Å². The lowest BCUT2D eigenvalue weighted by Crippen LogP contribution is -2.10. The Kier molecular flexibility index (Phi) is 7.45. The molecule has 0 heterocycles. The highest BCUT2D eigenvalue weighted by atomic mass is 16.4. The van der Waals surface area contributed by atoms with Crippen molar-refractivity contribution in [3.8, 4) is 0 Å². The van der Waals surface area contributed by atoms with Crippen LogP contribution < -0.4 is 0 Å². The van der Waals surface area contributed by atoms with Crippen molar-refractivity contribution in [2.24, 2.45) is 17.8 Å². The van der Waals surface area contributed by atoms with Gasteiger partial charge >= 0.3 is 5.97 Å². The summed E-state index contributed by atoms with van der Waals surface area (Å²) in [5.41, 5.74) is 0. The average molecular weight is 214 g/mol. The molecule has 90 valence electrons. The summed E-state index contributed by atoms with van der Waals surface area (Å²) in [5.74, 6) is 1.07. The highest BCUT2D eigenvalue weighted by Crippen LogP contribution is 2.23. The van der Waals surface area contributed by atoms with E-state index in [1.165, 1.54) is 19.3 Å². The van der Waals surface area contributed by atoms with Crippen molar-refractivity contribution in [3.05, 3.63) is 0 Å². The van der Waals surface area contributed by atoms with E-state index in [2.05, 4.69) is 20.8 Å². The average Bonchev–Trinajstić information content (AvgIpc) is 2.00. The van der Waals surface area contributed by atoms with Crippen LogP contribution >= 0.6 is 0 Å². The molecule has 0 aromatic heterocycles. The van der Waals surface area contributed by atoms with Gasteiger partial charge in [-0.1, -0.05) is 40.5 Å². The zero-order valence-electron chi connectivity index (χ0n) is 10.6. The predicted octanol–water partition coefficient (Wildman–Crippen LogP) is 3.95. The molecule has 0 bridgehead atoms.